The number of nitrogens with one attached hydrogen (secondary N) is 1. The van der Waals surface area contributed by atoms with Gasteiger partial charge in [-0.1, -0.05) is 48.7 Å². The Kier molecular flexibility index (Phi) is 7.07. The van der Waals surface area contributed by atoms with E-state index in [4.69, 9.17) is 0 Å². The van der Waals surface area contributed by atoms with Gasteiger partial charge >= 0.3 is 0 Å². The summed E-state index contributed by atoms with van der Waals surface area (Å²) >= 11 is 1.13. The molecule has 146 valence electrons. The van der Waals surface area contributed by atoms with Crippen LogP contribution in [-0.2, 0) is 4.79 Å². The van der Waals surface area contributed by atoms with E-state index in [2.05, 4.69) is 28.8 Å². The first-order valence-electron chi connectivity index (χ1n) is 9.14. The lowest BCUT2D eigenvalue weighted by Gasteiger charge is -2.33. The van der Waals surface area contributed by atoms with Crippen molar-refractivity contribution < 1.29 is 9.59 Å². The molecule has 0 aliphatic rings. The quantitative estimate of drug-likeness (QED) is 0.785. The second kappa shape index (κ2) is 9.08. The van der Waals surface area contributed by atoms with Gasteiger partial charge < -0.3 is 10.2 Å². The van der Waals surface area contributed by atoms with Crippen LogP contribution in [0, 0.1) is 5.92 Å². The Labute approximate surface area is 165 Å². The molecule has 1 unspecified atom stereocenters. The lowest BCUT2D eigenvalue weighted by molar-refractivity contribution is -0.127. The number of benzene rings is 1. The first-order valence-corrected chi connectivity index (χ1v) is 9.97. The van der Waals surface area contributed by atoms with Crippen LogP contribution < -0.4 is 5.32 Å². The van der Waals surface area contributed by atoms with Crippen LogP contribution in [0.1, 0.15) is 63.1 Å². The Hall–Kier alpha value is -2.28. The maximum atomic E-state index is 13.2. The topological polar surface area (TPSA) is 75.2 Å². The monoisotopic (exact) mass is 388 g/mol. The highest BCUT2D eigenvalue weighted by molar-refractivity contribution is 7.03. The summed E-state index contributed by atoms with van der Waals surface area (Å²) in [5.74, 6) is -0.0766. The van der Waals surface area contributed by atoms with Gasteiger partial charge in [0.1, 0.15) is 6.04 Å². The van der Waals surface area contributed by atoms with Crippen molar-refractivity contribution >= 4 is 23.3 Å². The van der Waals surface area contributed by atoms with Crippen LogP contribution in [0.4, 0.5) is 0 Å². The zero-order chi connectivity index (χ0) is 20.0. The molecule has 0 spiro atoms. The van der Waals surface area contributed by atoms with Crippen molar-refractivity contribution in [2.45, 2.75) is 52.6 Å². The average Bonchev–Trinajstić information content (AvgIpc) is 3.11. The van der Waals surface area contributed by atoms with Gasteiger partial charge in [0.2, 0.25) is 5.91 Å². The number of hydrogen-bond donors (Lipinski definition) is 1. The van der Waals surface area contributed by atoms with E-state index < -0.39 is 11.6 Å². The van der Waals surface area contributed by atoms with Gasteiger partial charge in [-0.3, -0.25) is 9.59 Å². The molecule has 27 heavy (non-hydrogen) atoms. The third kappa shape index (κ3) is 6.13. The Bertz CT molecular complexity index is 739. The van der Waals surface area contributed by atoms with Gasteiger partial charge in [-0.05, 0) is 50.2 Å². The first kappa shape index (κ1) is 21.0. The Morgan fingerprint density at radius 2 is 1.85 bits per heavy atom. The van der Waals surface area contributed by atoms with Crippen molar-refractivity contribution in [3.05, 3.63) is 47.0 Å². The van der Waals surface area contributed by atoms with Crippen LogP contribution in [-0.4, -0.2) is 38.4 Å². The minimum absolute atomic E-state index is 0.200. The molecule has 6 nitrogen and oxygen atoms in total. The van der Waals surface area contributed by atoms with Gasteiger partial charge in [-0.2, -0.15) is 0 Å². The van der Waals surface area contributed by atoms with Crippen molar-refractivity contribution in [1.29, 1.82) is 0 Å². The number of hydrogen-bond acceptors (Lipinski definition) is 5. The Morgan fingerprint density at radius 1 is 1.19 bits per heavy atom. The fraction of sp³-hybridized carbons (Fsp3) is 0.500. The van der Waals surface area contributed by atoms with Gasteiger partial charge in [0.05, 0.1) is 0 Å². The zero-order valence-electron chi connectivity index (χ0n) is 16.6. The molecule has 2 rings (SSSR count). The second-order valence-corrected chi connectivity index (χ2v) is 8.63. The standard InChI is InChI=1S/C20H28N4O2S/c1-14(2)11-12-24(19(26)16-13-27-23-22-16)17(15-9-7-6-8-10-15)18(25)21-20(3,4)5/h6-10,13-14,17H,11-12H2,1-5H3,(H,21,25). The molecular weight excluding hydrogens is 360 g/mol. The summed E-state index contributed by atoms with van der Waals surface area (Å²) in [6.45, 7) is 10.4. The minimum Gasteiger partial charge on any atom is -0.349 e. The smallest absolute Gasteiger partial charge is 0.276 e. The summed E-state index contributed by atoms with van der Waals surface area (Å²) in [4.78, 5) is 28.0. The van der Waals surface area contributed by atoms with Gasteiger partial charge in [0.25, 0.3) is 5.91 Å². The molecule has 0 bridgehead atoms. The van der Waals surface area contributed by atoms with E-state index in [1.807, 2.05) is 51.1 Å². The van der Waals surface area contributed by atoms with E-state index in [9.17, 15) is 9.59 Å². The number of nitrogens with zero attached hydrogens (tertiary/aromatic N) is 3. The molecule has 0 aliphatic carbocycles. The molecule has 7 heteroatoms. The highest BCUT2D eigenvalue weighted by Crippen LogP contribution is 2.25. The van der Waals surface area contributed by atoms with Crippen LogP contribution in [0.25, 0.3) is 0 Å². The molecule has 0 radical (unpaired) electrons. The van der Waals surface area contributed by atoms with Crippen LogP contribution in [0.2, 0.25) is 0 Å². The lowest BCUT2D eigenvalue weighted by Crippen LogP contribution is -2.49. The van der Waals surface area contributed by atoms with E-state index in [1.165, 1.54) is 0 Å². The number of rotatable bonds is 7. The van der Waals surface area contributed by atoms with Crippen LogP contribution in [0.15, 0.2) is 35.7 Å². The van der Waals surface area contributed by atoms with Gasteiger partial charge in [0, 0.05) is 17.5 Å². The summed E-state index contributed by atoms with van der Waals surface area (Å²) in [5, 5.41) is 8.56. The lowest BCUT2D eigenvalue weighted by atomic mass is 10.00. The Balaban J connectivity index is 2.44. The summed E-state index contributed by atoms with van der Waals surface area (Å²) in [6, 6.07) is 8.68. The summed E-state index contributed by atoms with van der Waals surface area (Å²) in [6.07, 6.45) is 0.787. The van der Waals surface area contributed by atoms with Gasteiger partial charge in [0.15, 0.2) is 5.69 Å². The minimum atomic E-state index is -0.724. The van der Waals surface area contributed by atoms with Crippen molar-refractivity contribution in [3.63, 3.8) is 0 Å². The average molecular weight is 389 g/mol. The fourth-order valence-corrected chi connectivity index (χ4v) is 3.13. The highest BCUT2D eigenvalue weighted by atomic mass is 32.1. The molecule has 0 saturated heterocycles. The molecular formula is C20H28N4O2S. The highest BCUT2D eigenvalue weighted by Gasteiger charge is 2.34. The first-order chi connectivity index (χ1) is 12.7. The second-order valence-electron chi connectivity index (χ2n) is 8.02. The van der Waals surface area contributed by atoms with E-state index >= 15 is 0 Å². The normalized spacial score (nSPS) is 12.7. The largest absolute Gasteiger partial charge is 0.349 e. The SMILES string of the molecule is CC(C)CCN(C(=O)c1csnn1)C(C(=O)NC(C)(C)C)c1ccccc1. The predicted octanol–water partition coefficient (Wildman–Crippen LogP) is 3.68. The zero-order valence-corrected chi connectivity index (χ0v) is 17.4. The maximum absolute atomic E-state index is 13.2. The van der Waals surface area contributed by atoms with Crippen molar-refractivity contribution in [3.8, 4) is 0 Å². The molecule has 1 heterocycles. The molecule has 1 N–H and O–H groups in total. The van der Waals surface area contributed by atoms with E-state index in [0.717, 1.165) is 23.5 Å². The van der Waals surface area contributed by atoms with Crippen molar-refractivity contribution in [1.82, 2.24) is 19.8 Å². The summed E-state index contributed by atoms with van der Waals surface area (Å²) in [7, 11) is 0. The third-order valence-electron chi connectivity index (χ3n) is 3.96. The van der Waals surface area contributed by atoms with Crippen LogP contribution in [0.3, 0.4) is 0 Å². The van der Waals surface area contributed by atoms with Crippen LogP contribution in [0.5, 0.6) is 0 Å². The van der Waals surface area contributed by atoms with E-state index in [1.54, 1.807) is 10.3 Å². The Morgan fingerprint density at radius 3 is 2.37 bits per heavy atom. The van der Waals surface area contributed by atoms with Gasteiger partial charge in [-0.15, -0.1) is 5.10 Å². The maximum Gasteiger partial charge on any atom is 0.276 e. The van der Waals surface area contributed by atoms with Crippen molar-refractivity contribution in [2.24, 2.45) is 5.92 Å². The molecule has 1 aromatic heterocycles. The van der Waals surface area contributed by atoms with Crippen molar-refractivity contribution in [2.75, 3.05) is 6.54 Å². The molecule has 2 amide bonds. The number of carbonyl (C=O) groups excluding carboxylic acids is 2. The molecule has 0 aliphatic heterocycles. The number of carbonyl (C=O) groups is 2. The predicted molar refractivity (Wildman–Crippen MR) is 107 cm³/mol. The number of aromatic nitrogens is 2. The molecule has 1 aromatic carbocycles. The van der Waals surface area contributed by atoms with E-state index in [-0.39, 0.29) is 17.5 Å². The van der Waals surface area contributed by atoms with Crippen LogP contribution >= 0.6 is 11.5 Å². The molecule has 0 fully saturated rings. The summed E-state index contributed by atoms with van der Waals surface area (Å²) < 4.78 is 3.80. The van der Waals surface area contributed by atoms with Gasteiger partial charge in [-0.25, -0.2) is 0 Å². The molecule has 0 saturated carbocycles. The number of amides is 2. The summed E-state index contributed by atoms with van der Waals surface area (Å²) in [5.41, 5.74) is 0.645. The fourth-order valence-electron chi connectivity index (χ4n) is 2.70. The third-order valence-corrected chi connectivity index (χ3v) is 4.47. The molecule has 2 aromatic rings. The molecule has 1 atom stereocenters. The van der Waals surface area contributed by atoms with E-state index in [0.29, 0.717) is 12.5 Å².